The Bertz CT molecular complexity index is 492. The fraction of sp³-hybridized carbons (Fsp3) is 0.875. The summed E-state index contributed by atoms with van der Waals surface area (Å²) in [7, 11) is 0. The standard InChI is InChI=1S/C16H26N4O2S/c1-2-14(21-9-1)16-17-15(18-22-16)12-19-5-3-13(4-6-19)20-7-10-23-11-8-20/h13-14H,1-12H2/t14-/m1/s1. The van der Waals surface area contributed by atoms with E-state index in [2.05, 4.69) is 31.7 Å². The molecule has 0 radical (unpaired) electrons. The van der Waals surface area contributed by atoms with E-state index in [0.29, 0.717) is 5.89 Å². The first-order valence-electron chi connectivity index (χ1n) is 8.87. The van der Waals surface area contributed by atoms with Crippen molar-refractivity contribution in [2.75, 3.05) is 44.3 Å². The highest BCUT2D eigenvalue weighted by Gasteiger charge is 2.27. The molecule has 0 N–H and O–H groups in total. The maximum atomic E-state index is 5.61. The van der Waals surface area contributed by atoms with E-state index in [9.17, 15) is 0 Å². The van der Waals surface area contributed by atoms with Crippen LogP contribution < -0.4 is 0 Å². The monoisotopic (exact) mass is 338 g/mol. The maximum absolute atomic E-state index is 5.61. The minimum Gasteiger partial charge on any atom is -0.368 e. The van der Waals surface area contributed by atoms with E-state index in [-0.39, 0.29) is 6.10 Å². The van der Waals surface area contributed by atoms with Crippen LogP contribution in [0.15, 0.2) is 4.52 Å². The van der Waals surface area contributed by atoms with Crippen molar-refractivity contribution >= 4 is 11.8 Å². The Kier molecular flexibility index (Phi) is 5.18. The number of nitrogens with zero attached hydrogens (tertiary/aromatic N) is 4. The summed E-state index contributed by atoms with van der Waals surface area (Å²) in [5.41, 5.74) is 0. The Morgan fingerprint density at radius 2 is 1.91 bits per heavy atom. The van der Waals surface area contributed by atoms with Gasteiger partial charge in [-0.05, 0) is 25.7 Å². The van der Waals surface area contributed by atoms with Crippen LogP contribution in [0.1, 0.15) is 43.5 Å². The van der Waals surface area contributed by atoms with Crippen LogP contribution in [-0.2, 0) is 11.3 Å². The first-order valence-corrected chi connectivity index (χ1v) is 10.0. The third kappa shape index (κ3) is 3.90. The van der Waals surface area contributed by atoms with Crippen molar-refractivity contribution in [3.05, 3.63) is 11.7 Å². The maximum Gasteiger partial charge on any atom is 0.255 e. The van der Waals surface area contributed by atoms with Crippen LogP contribution in [0.4, 0.5) is 0 Å². The summed E-state index contributed by atoms with van der Waals surface area (Å²) in [5, 5.41) is 4.14. The van der Waals surface area contributed by atoms with Gasteiger partial charge < -0.3 is 9.26 Å². The summed E-state index contributed by atoms with van der Waals surface area (Å²) in [5.74, 6) is 4.08. The van der Waals surface area contributed by atoms with E-state index in [0.717, 1.165) is 50.9 Å². The molecule has 7 heteroatoms. The minimum atomic E-state index is 0.0268. The molecule has 0 spiro atoms. The van der Waals surface area contributed by atoms with E-state index in [1.165, 1.54) is 37.4 Å². The molecule has 3 aliphatic heterocycles. The molecule has 0 bridgehead atoms. The van der Waals surface area contributed by atoms with Crippen LogP contribution in [0.3, 0.4) is 0 Å². The molecule has 3 aliphatic rings. The highest BCUT2D eigenvalue weighted by Crippen LogP contribution is 2.27. The van der Waals surface area contributed by atoms with Crippen LogP contribution in [0.5, 0.6) is 0 Å². The first kappa shape index (κ1) is 15.9. The van der Waals surface area contributed by atoms with Gasteiger partial charge in [-0.25, -0.2) is 0 Å². The molecular weight excluding hydrogens is 312 g/mol. The van der Waals surface area contributed by atoms with Crippen LogP contribution in [-0.4, -0.2) is 70.3 Å². The predicted molar refractivity (Wildman–Crippen MR) is 89.4 cm³/mol. The van der Waals surface area contributed by atoms with E-state index in [1.807, 2.05) is 0 Å². The number of hydrogen-bond donors (Lipinski definition) is 0. The fourth-order valence-corrected chi connectivity index (χ4v) is 4.75. The van der Waals surface area contributed by atoms with Gasteiger partial charge in [0.2, 0.25) is 0 Å². The SMILES string of the molecule is C1CO[C@@H](c2nc(CN3CCC(N4CCSCC4)CC3)no2)C1. The third-order valence-corrected chi connectivity index (χ3v) is 6.12. The van der Waals surface area contributed by atoms with Gasteiger partial charge in [-0.3, -0.25) is 9.80 Å². The molecule has 4 rings (SSSR count). The molecule has 3 saturated heterocycles. The van der Waals surface area contributed by atoms with Crippen molar-refractivity contribution in [1.29, 1.82) is 0 Å². The number of rotatable bonds is 4. The largest absolute Gasteiger partial charge is 0.368 e. The van der Waals surface area contributed by atoms with E-state index >= 15 is 0 Å². The lowest BCUT2D eigenvalue weighted by Crippen LogP contribution is -2.47. The Labute approximate surface area is 141 Å². The van der Waals surface area contributed by atoms with E-state index < -0.39 is 0 Å². The van der Waals surface area contributed by atoms with Crippen molar-refractivity contribution in [3.63, 3.8) is 0 Å². The Balaban J connectivity index is 1.26. The van der Waals surface area contributed by atoms with Crippen LogP contribution in [0, 0.1) is 0 Å². The van der Waals surface area contributed by atoms with Gasteiger partial charge in [0, 0.05) is 50.3 Å². The summed E-state index contributed by atoms with van der Waals surface area (Å²) >= 11 is 2.09. The van der Waals surface area contributed by atoms with Crippen molar-refractivity contribution in [1.82, 2.24) is 19.9 Å². The second kappa shape index (κ2) is 7.51. The summed E-state index contributed by atoms with van der Waals surface area (Å²) in [4.78, 5) is 9.69. The number of aromatic nitrogens is 2. The molecule has 0 unspecified atom stereocenters. The van der Waals surface area contributed by atoms with Gasteiger partial charge >= 0.3 is 0 Å². The zero-order chi connectivity index (χ0) is 15.5. The molecule has 0 amide bonds. The van der Waals surface area contributed by atoms with Crippen LogP contribution in [0.25, 0.3) is 0 Å². The lowest BCUT2D eigenvalue weighted by Gasteiger charge is -2.39. The average Bonchev–Trinajstić information content (AvgIpc) is 3.28. The molecule has 3 fully saturated rings. The molecule has 0 aromatic carbocycles. The zero-order valence-electron chi connectivity index (χ0n) is 13.7. The smallest absolute Gasteiger partial charge is 0.255 e. The molecule has 0 saturated carbocycles. The lowest BCUT2D eigenvalue weighted by molar-refractivity contribution is 0.0835. The fourth-order valence-electron chi connectivity index (χ4n) is 3.82. The lowest BCUT2D eigenvalue weighted by atomic mass is 10.0. The number of likely N-dealkylation sites (tertiary alicyclic amines) is 1. The summed E-state index contributed by atoms with van der Waals surface area (Å²) in [6.07, 6.45) is 4.65. The average molecular weight is 338 g/mol. The Morgan fingerprint density at radius 3 is 2.65 bits per heavy atom. The van der Waals surface area contributed by atoms with Gasteiger partial charge in [0.15, 0.2) is 5.82 Å². The number of hydrogen-bond acceptors (Lipinski definition) is 7. The second-order valence-electron chi connectivity index (χ2n) is 6.71. The van der Waals surface area contributed by atoms with Gasteiger partial charge in [0.25, 0.3) is 5.89 Å². The molecule has 1 atom stereocenters. The zero-order valence-corrected chi connectivity index (χ0v) is 14.5. The van der Waals surface area contributed by atoms with Crippen molar-refractivity contribution < 1.29 is 9.26 Å². The van der Waals surface area contributed by atoms with Crippen LogP contribution >= 0.6 is 11.8 Å². The minimum absolute atomic E-state index is 0.0268. The van der Waals surface area contributed by atoms with E-state index in [4.69, 9.17) is 9.26 Å². The van der Waals surface area contributed by atoms with Crippen LogP contribution in [0.2, 0.25) is 0 Å². The molecule has 6 nitrogen and oxygen atoms in total. The highest BCUT2D eigenvalue weighted by molar-refractivity contribution is 7.99. The molecule has 1 aromatic rings. The molecule has 1 aromatic heterocycles. The quantitative estimate of drug-likeness (QED) is 0.831. The van der Waals surface area contributed by atoms with Gasteiger partial charge in [0.05, 0.1) is 6.54 Å². The van der Waals surface area contributed by atoms with Gasteiger partial charge in [0.1, 0.15) is 6.10 Å². The molecule has 23 heavy (non-hydrogen) atoms. The van der Waals surface area contributed by atoms with Gasteiger partial charge in [-0.2, -0.15) is 16.7 Å². The molecular formula is C16H26N4O2S. The molecule has 4 heterocycles. The van der Waals surface area contributed by atoms with Crippen molar-refractivity contribution in [2.45, 2.75) is 44.4 Å². The number of piperidine rings is 1. The molecule has 0 aliphatic carbocycles. The second-order valence-corrected chi connectivity index (χ2v) is 7.93. The summed E-state index contributed by atoms with van der Waals surface area (Å²) in [6.45, 7) is 6.43. The predicted octanol–water partition coefficient (Wildman–Crippen LogP) is 1.93. The van der Waals surface area contributed by atoms with Crippen molar-refractivity contribution in [3.8, 4) is 0 Å². The Hall–Kier alpha value is -0.630. The van der Waals surface area contributed by atoms with Gasteiger partial charge in [-0.15, -0.1) is 0 Å². The molecule has 128 valence electrons. The van der Waals surface area contributed by atoms with Crippen molar-refractivity contribution in [2.24, 2.45) is 0 Å². The topological polar surface area (TPSA) is 54.6 Å². The Morgan fingerprint density at radius 1 is 1.09 bits per heavy atom. The summed E-state index contributed by atoms with van der Waals surface area (Å²) < 4.78 is 11.0. The highest BCUT2D eigenvalue weighted by atomic mass is 32.2. The third-order valence-electron chi connectivity index (χ3n) is 5.17. The normalized spacial score (nSPS) is 28.4. The van der Waals surface area contributed by atoms with E-state index in [1.54, 1.807) is 0 Å². The number of thioether (sulfide) groups is 1. The summed E-state index contributed by atoms with van der Waals surface area (Å²) in [6, 6.07) is 0.778. The first-order chi connectivity index (χ1) is 11.4. The van der Waals surface area contributed by atoms with Gasteiger partial charge in [-0.1, -0.05) is 5.16 Å². The number of ether oxygens (including phenoxy) is 1.